The van der Waals surface area contributed by atoms with E-state index in [1.54, 1.807) is 20.8 Å². The molecule has 0 heterocycles. The highest BCUT2D eigenvalue weighted by molar-refractivity contribution is 5.71. The van der Waals surface area contributed by atoms with E-state index >= 15 is 0 Å². The van der Waals surface area contributed by atoms with Crippen LogP contribution in [0.4, 0.5) is 0 Å². The van der Waals surface area contributed by atoms with Gasteiger partial charge in [-0.15, -0.1) is 0 Å². The summed E-state index contributed by atoms with van der Waals surface area (Å²) in [6, 6.07) is 0. The van der Waals surface area contributed by atoms with Crippen LogP contribution in [0.5, 0.6) is 0 Å². The van der Waals surface area contributed by atoms with Gasteiger partial charge in [0.1, 0.15) is 18.3 Å². The van der Waals surface area contributed by atoms with Crippen LogP contribution in [0.15, 0.2) is 0 Å². The Hall–Kier alpha value is -1.71. The van der Waals surface area contributed by atoms with Gasteiger partial charge in [-0.05, 0) is 19.3 Å². The summed E-state index contributed by atoms with van der Waals surface area (Å²) >= 11 is 0. The van der Waals surface area contributed by atoms with Gasteiger partial charge in [0.2, 0.25) is 0 Å². The van der Waals surface area contributed by atoms with Crippen molar-refractivity contribution in [2.75, 3.05) is 0 Å². The minimum Gasteiger partial charge on any atom is -0.456 e. The van der Waals surface area contributed by atoms with Crippen LogP contribution in [-0.2, 0) is 28.6 Å². The van der Waals surface area contributed by atoms with E-state index in [1.165, 1.54) is 0 Å². The molecule has 9 nitrogen and oxygen atoms in total. The average molecular weight is 390 g/mol. The van der Waals surface area contributed by atoms with Gasteiger partial charge in [-0.2, -0.15) is 0 Å². The van der Waals surface area contributed by atoms with Crippen molar-refractivity contribution < 1.29 is 43.9 Å². The highest BCUT2D eigenvalue weighted by Gasteiger charge is 2.54. The molecule has 27 heavy (non-hydrogen) atoms. The molecule has 3 N–H and O–H groups in total. The molecule has 1 aliphatic carbocycles. The number of carbonyl (C=O) groups is 3. The predicted octanol–water partition coefficient (Wildman–Crippen LogP) is 0.218. The lowest BCUT2D eigenvalue weighted by Crippen LogP contribution is -2.66. The van der Waals surface area contributed by atoms with E-state index in [1.807, 2.05) is 0 Å². The molecular weight excluding hydrogens is 360 g/mol. The Labute approximate surface area is 158 Å². The molecule has 1 saturated carbocycles. The molecule has 0 spiro atoms. The minimum atomic E-state index is -1.67. The molecule has 0 radical (unpaired) electrons. The third-order valence-corrected chi connectivity index (χ3v) is 4.18. The maximum absolute atomic E-state index is 11.8. The number of aliphatic hydroxyl groups is 3. The summed E-state index contributed by atoms with van der Waals surface area (Å²) in [5, 5.41) is 31.3. The summed E-state index contributed by atoms with van der Waals surface area (Å²) < 4.78 is 15.3. The Bertz CT molecular complexity index is 424. The van der Waals surface area contributed by atoms with Crippen molar-refractivity contribution in [2.24, 2.45) is 0 Å². The first kappa shape index (κ1) is 23.3. The van der Waals surface area contributed by atoms with Crippen molar-refractivity contribution in [3.05, 3.63) is 0 Å². The molecule has 1 aliphatic rings. The van der Waals surface area contributed by atoms with Gasteiger partial charge < -0.3 is 29.5 Å². The number of hydrogen-bond acceptors (Lipinski definition) is 9. The summed E-state index contributed by atoms with van der Waals surface area (Å²) in [4.78, 5) is 35.5. The second kappa shape index (κ2) is 11.2. The van der Waals surface area contributed by atoms with Crippen LogP contribution in [0, 0.1) is 0 Å². The van der Waals surface area contributed by atoms with Gasteiger partial charge in [0, 0.05) is 19.3 Å². The summed E-state index contributed by atoms with van der Waals surface area (Å²) in [5.74, 6) is -2.02. The van der Waals surface area contributed by atoms with E-state index in [4.69, 9.17) is 14.2 Å². The first-order chi connectivity index (χ1) is 12.8. The van der Waals surface area contributed by atoms with Crippen molar-refractivity contribution in [1.29, 1.82) is 0 Å². The molecule has 0 saturated heterocycles. The third kappa shape index (κ3) is 6.44. The minimum absolute atomic E-state index is 0.0546. The first-order valence-electron chi connectivity index (χ1n) is 9.39. The van der Waals surface area contributed by atoms with Crippen LogP contribution < -0.4 is 0 Å². The predicted molar refractivity (Wildman–Crippen MR) is 92.4 cm³/mol. The highest BCUT2D eigenvalue weighted by Crippen LogP contribution is 2.29. The van der Waals surface area contributed by atoms with Crippen LogP contribution >= 0.6 is 0 Å². The Morgan fingerprint density at radius 1 is 0.593 bits per heavy atom. The number of aliphatic hydroxyl groups excluding tert-OH is 3. The van der Waals surface area contributed by atoms with E-state index in [-0.39, 0.29) is 19.3 Å². The van der Waals surface area contributed by atoms with Crippen molar-refractivity contribution in [1.82, 2.24) is 0 Å². The fourth-order valence-corrected chi connectivity index (χ4v) is 2.83. The SMILES string of the molecule is CCCC(=O)OC1C(O)C(OC(=O)CCC)C(O)C(OC(=O)CCC)C1O. The van der Waals surface area contributed by atoms with Crippen LogP contribution in [0.2, 0.25) is 0 Å². The molecule has 0 aromatic rings. The van der Waals surface area contributed by atoms with Crippen molar-refractivity contribution in [3.8, 4) is 0 Å². The second-order valence-corrected chi connectivity index (χ2v) is 6.59. The van der Waals surface area contributed by atoms with Gasteiger partial charge in [-0.1, -0.05) is 20.8 Å². The van der Waals surface area contributed by atoms with Gasteiger partial charge in [-0.25, -0.2) is 0 Å². The van der Waals surface area contributed by atoms with E-state index in [0.29, 0.717) is 19.3 Å². The standard InChI is InChI=1S/C18H30O9/c1-4-7-10(19)25-16-13(22)17(26-11(20)8-5-2)15(24)18(14(16)23)27-12(21)9-6-3/h13-18,22-24H,4-9H2,1-3H3. The van der Waals surface area contributed by atoms with Crippen LogP contribution in [0.25, 0.3) is 0 Å². The van der Waals surface area contributed by atoms with E-state index < -0.39 is 54.5 Å². The maximum Gasteiger partial charge on any atom is 0.306 e. The van der Waals surface area contributed by atoms with Gasteiger partial charge >= 0.3 is 17.9 Å². The summed E-state index contributed by atoms with van der Waals surface area (Å²) in [6.07, 6.45) is -7.90. The van der Waals surface area contributed by atoms with Gasteiger partial charge in [0.25, 0.3) is 0 Å². The molecular formula is C18H30O9. The Balaban J connectivity index is 3.05. The molecule has 0 unspecified atom stereocenters. The molecule has 0 aromatic carbocycles. The lowest BCUT2D eigenvalue weighted by atomic mass is 9.84. The van der Waals surface area contributed by atoms with Crippen LogP contribution in [-0.4, -0.2) is 69.9 Å². The average Bonchev–Trinajstić information content (AvgIpc) is 2.60. The summed E-state index contributed by atoms with van der Waals surface area (Å²) in [6.45, 7) is 5.26. The van der Waals surface area contributed by atoms with Crippen molar-refractivity contribution in [3.63, 3.8) is 0 Å². The zero-order valence-electron chi connectivity index (χ0n) is 16.0. The molecule has 0 bridgehead atoms. The zero-order chi connectivity index (χ0) is 20.6. The molecule has 1 rings (SSSR count). The quantitative estimate of drug-likeness (QED) is 0.372. The maximum atomic E-state index is 11.8. The number of hydrogen-bond donors (Lipinski definition) is 3. The molecule has 156 valence electrons. The highest BCUT2D eigenvalue weighted by atomic mass is 16.6. The Morgan fingerprint density at radius 2 is 0.815 bits per heavy atom. The first-order valence-corrected chi connectivity index (χ1v) is 9.39. The van der Waals surface area contributed by atoms with E-state index in [2.05, 4.69) is 0 Å². The summed E-state index contributed by atoms with van der Waals surface area (Å²) in [5.41, 5.74) is 0. The zero-order valence-corrected chi connectivity index (χ0v) is 16.0. The van der Waals surface area contributed by atoms with Gasteiger partial charge in [-0.3, -0.25) is 14.4 Å². The van der Waals surface area contributed by atoms with E-state index in [9.17, 15) is 29.7 Å². The Kier molecular flexibility index (Phi) is 9.68. The lowest BCUT2D eigenvalue weighted by Gasteiger charge is -2.43. The fraction of sp³-hybridized carbons (Fsp3) is 0.833. The van der Waals surface area contributed by atoms with Crippen molar-refractivity contribution >= 4 is 17.9 Å². The lowest BCUT2D eigenvalue weighted by molar-refractivity contribution is -0.247. The molecule has 0 amide bonds. The van der Waals surface area contributed by atoms with Crippen LogP contribution in [0.3, 0.4) is 0 Å². The van der Waals surface area contributed by atoms with Crippen LogP contribution in [0.1, 0.15) is 59.3 Å². The number of ether oxygens (including phenoxy) is 3. The summed E-state index contributed by atoms with van der Waals surface area (Å²) in [7, 11) is 0. The largest absolute Gasteiger partial charge is 0.456 e. The topological polar surface area (TPSA) is 140 Å². The molecule has 0 atom stereocenters. The molecule has 9 heteroatoms. The molecule has 0 aliphatic heterocycles. The second-order valence-electron chi connectivity index (χ2n) is 6.59. The normalized spacial score (nSPS) is 30.4. The molecule has 1 fully saturated rings. The van der Waals surface area contributed by atoms with Gasteiger partial charge in [0.15, 0.2) is 18.3 Å². The smallest absolute Gasteiger partial charge is 0.306 e. The van der Waals surface area contributed by atoms with Gasteiger partial charge in [0.05, 0.1) is 0 Å². The monoisotopic (exact) mass is 390 g/mol. The van der Waals surface area contributed by atoms with Crippen molar-refractivity contribution in [2.45, 2.75) is 95.9 Å². The number of rotatable bonds is 9. The fourth-order valence-electron chi connectivity index (χ4n) is 2.83. The Morgan fingerprint density at radius 3 is 1.00 bits per heavy atom. The molecule has 0 aromatic heterocycles. The third-order valence-electron chi connectivity index (χ3n) is 4.18. The van der Waals surface area contributed by atoms with E-state index in [0.717, 1.165) is 0 Å². The number of esters is 3. The number of carbonyl (C=O) groups excluding carboxylic acids is 3.